The average molecular weight is 278 g/mol. The lowest BCUT2D eigenvalue weighted by Gasteiger charge is -2.22. The van der Waals surface area contributed by atoms with Crippen molar-refractivity contribution in [2.24, 2.45) is 5.41 Å². The fraction of sp³-hybridized carbons (Fsp3) is 0.562. The van der Waals surface area contributed by atoms with Crippen LogP contribution in [0.15, 0.2) is 24.3 Å². The van der Waals surface area contributed by atoms with Gasteiger partial charge in [0.2, 0.25) is 5.91 Å². The van der Waals surface area contributed by atoms with Crippen LogP contribution in [0, 0.1) is 12.3 Å². The molecule has 20 heavy (non-hydrogen) atoms. The molecule has 0 aromatic heterocycles. The highest BCUT2D eigenvalue weighted by Gasteiger charge is 2.16. The zero-order valence-corrected chi connectivity index (χ0v) is 12.9. The molecule has 0 aliphatic heterocycles. The Bertz CT molecular complexity index is 438. The first-order chi connectivity index (χ1) is 9.26. The minimum absolute atomic E-state index is 0.0882. The molecule has 4 heteroatoms. The molecule has 1 aromatic rings. The van der Waals surface area contributed by atoms with Gasteiger partial charge in [0.1, 0.15) is 0 Å². The van der Waals surface area contributed by atoms with E-state index in [2.05, 4.69) is 31.4 Å². The van der Waals surface area contributed by atoms with Crippen LogP contribution in [0.5, 0.6) is 0 Å². The smallest absolute Gasteiger partial charge is 0.238 e. The van der Waals surface area contributed by atoms with Crippen LogP contribution in [0.3, 0.4) is 0 Å². The summed E-state index contributed by atoms with van der Waals surface area (Å²) in [5.74, 6) is -0.0986. The number of rotatable bonds is 6. The number of nitrogens with one attached hydrogen (secondary N) is 2. The lowest BCUT2D eigenvalue weighted by Crippen LogP contribution is -2.35. The molecule has 0 bridgehead atoms. The number of hydrogen-bond acceptors (Lipinski definition) is 3. The molecule has 0 aliphatic rings. The highest BCUT2D eigenvalue weighted by atomic mass is 16.3. The summed E-state index contributed by atoms with van der Waals surface area (Å²) in [6.45, 7) is 8.87. The molecule has 0 spiro atoms. The van der Waals surface area contributed by atoms with Crippen molar-refractivity contribution in [2.45, 2.75) is 40.2 Å². The average Bonchev–Trinajstić information content (AvgIpc) is 2.26. The summed E-state index contributed by atoms with van der Waals surface area (Å²) in [7, 11) is 0. The van der Waals surface area contributed by atoms with Gasteiger partial charge >= 0.3 is 0 Å². The van der Waals surface area contributed by atoms with E-state index in [0.717, 1.165) is 11.3 Å². The zero-order valence-electron chi connectivity index (χ0n) is 12.9. The first-order valence-electron chi connectivity index (χ1n) is 7.01. The molecule has 112 valence electrons. The molecule has 0 fully saturated rings. The van der Waals surface area contributed by atoms with E-state index in [9.17, 15) is 9.90 Å². The Morgan fingerprint density at radius 1 is 1.35 bits per heavy atom. The van der Waals surface area contributed by atoms with E-state index in [0.29, 0.717) is 13.0 Å². The van der Waals surface area contributed by atoms with Gasteiger partial charge in [-0.15, -0.1) is 0 Å². The Morgan fingerprint density at radius 3 is 2.65 bits per heavy atom. The van der Waals surface area contributed by atoms with Gasteiger partial charge in [-0.25, -0.2) is 0 Å². The second-order valence-electron chi connectivity index (χ2n) is 6.47. The molecule has 3 N–H and O–H groups in total. The minimum atomic E-state index is -0.429. The fourth-order valence-corrected chi connectivity index (χ4v) is 2.06. The largest absolute Gasteiger partial charge is 0.392 e. The van der Waals surface area contributed by atoms with Crippen molar-refractivity contribution < 1.29 is 9.90 Å². The van der Waals surface area contributed by atoms with Crippen LogP contribution >= 0.6 is 0 Å². The molecule has 0 radical (unpaired) electrons. The second-order valence-corrected chi connectivity index (χ2v) is 6.47. The number of benzene rings is 1. The third kappa shape index (κ3) is 7.26. The maximum atomic E-state index is 11.7. The van der Waals surface area contributed by atoms with Crippen LogP contribution in [-0.4, -0.2) is 30.2 Å². The highest BCUT2D eigenvalue weighted by Crippen LogP contribution is 2.20. The number of aliphatic hydroxyl groups is 1. The van der Waals surface area contributed by atoms with E-state index in [1.54, 1.807) is 0 Å². The van der Waals surface area contributed by atoms with Crippen LogP contribution in [0.25, 0.3) is 0 Å². The third-order valence-electron chi connectivity index (χ3n) is 2.82. The normalized spacial score (nSPS) is 13.1. The SMILES string of the molecule is Cc1cccc(NC(=O)CNCC(O)CC(C)(C)C)c1. The maximum absolute atomic E-state index is 11.7. The first kappa shape index (κ1) is 16.7. The Kier molecular flexibility index (Phi) is 6.17. The van der Waals surface area contributed by atoms with Crippen LogP contribution in [0.1, 0.15) is 32.8 Å². The molecule has 0 saturated heterocycles. The molecule has 1 atom stereocenters. The van der Waals surface area contributed by atoms with E-state index >= 15 is 0 Å². The van der Waals surface area contributed by atoms with E-state index in [1.165, 1.54) is 0 Å². The molecular weight excluding hydrogens is 252 g/mol. The third-order valence-corrected chi connectivity index (χ3v) is 2.82. The van der Waals surface area contributed by atoms with E-state index in [4.69, 9.17) is 0 Å². The Labute approximate surface area is 121 Å². The fourth-order valence-electron chi connectivity index (χ4n) is 2.06. The van der Waals surface area contributed by atoms with E-state index < -0.39 is 6.10 Å². The number of anilines is 1. The van der Waals surface area contributed by atoms with Gasteiger partial charge in [-0.1, -0.05) is 32.9 Å². The number of hydrogen-bond donors (Lipinski definition) is 3. The molecule has 4 nitrogen and oxygen atoms in total. The number of aryl methyl sites for hydroxylation is 1. The lowest BCUT2D eigenvalue weighted by molar-refractivity contribution is -0.115. The first-order valence-corrected chi connectivity index (χ1v) is 7.01. The lowest BCUT2D eigenvalue weighted by atomic mass is 9.89. The molecule has 0 saturated carbocycles. The van der Waals surface area contributed by atoms with Gasteiger partial charge in [0.05, 0.1) is 12.6 Å². The molecule has 1 amide bonds. The van der Waals surface area contributed by atoms with Gasteiger partial charge in [0, 0.05) is 12.2 Å². The van der Waals surface area contributed by atoms with Crippen molar-refractivity contribution in [3.8, 4) is 0 Å². The Hall–Kier alpha value is -1.39. The van der Waals surface area contributed by atoms with E-state index in [-0.39, 0.29) is 17.9 Å². The van der Waals surface area contributed by atoms with Crippen LogP contribution < -0.4 is 10.6 Å². The number of carbonyl (C=O) groups is 1. The quantitative estimate of drug-likeness (QED) is 0.748. The summed E-state index contributed by atoms with van der Waals surface area (Å²) >= 11 is 0. The minimum Gasteiger partial charge on any atom is -0.392 e. The standard InChI is InChI=1S/C16H26N2O2/c1-12-6-5-7-13(8-12)18-15(20)11-17-10-14(19)9-16(2,3)4/h5-8,14,17,19H,9-11H2,1-4H3,(H,18,20). The van der Waals surface area contributed by atoms with Gasteiger partial charge in [0.25, 0.3) is 0 Å². The topological polar surface area (TPSA) is 61.4 Å². The van der Waals surface area contributed by atoms with Crippen molar-refractivity contribution in [3.63, 3.8) is 0 Å². The van der Waals surface area contributed by atoms with Crippen molar-refractivity contribution in [3.05, 3.63) is 29.8 Å². The molecule has 1 aromatic carbocycles. The summed E-state index contributed by atoms with van der Waals surface area (Å²) in [5.41, 5.74) is 1.99. The van der Waals surface area contributed by atoms with Crippen molar-refractivity contribution in [2.75, 3.05) is 18.4 Å². The van der Waals surface area contributed by atoms with Crippen LogP contribution in [-0.2, 0) is 4.79 Å². The second kappa shape index (κ2) is 7.41. The summed E-state index contributed by atoms with van der Waals surface area (Å²) in [6, 6.07) is 7.67. The molecule has 1 unspecified atom stereocenters. The van der Waals surface area contributed by atoms with Gasteiger partial charge < -0.3 is 15.7 Å². The molecule has 0 aliphatic carbocycles. The van der Waals surface area contributed by atoms with Crippen LogP contribution in [0.4, 0.5) is 5.69 Å². The number of carbonyl (C=O) groups excluding carboxylic acids is 1. The Balaban J connectivity index is 2.27. The predicted molar refractivity (Wildman–Crippen MR) is 82.8 cm³/mol. The summed E-state index contributed by atoms with van der Waals surface area (Å²) in [4.78, 5) is 11.7. The van der Waals surface area contributed by atoms with Crippen molar-refractivity contribution in [1.29, 1.82) is 0 Å². The monoisotopic (exact) mass is 278 g/mol. The van der Waals surface area contributed by atoms with Crippen LogP contribution in [0.2, 0.25) is 0 Å². The molecular formula is C16H26N2O2. The zero-order chi connectivity index (χ0) is 15.2. The summed E-state index contributed by atoms with van der Waals surface area (Å²) in [6.07, 6.45) is 0.279. The predicted octanol–water partition coefficient (Wildman–Crippen LogP) is 2.32. The number of aliphatic hydroxyl groups excluding tert-OH is 1. The molecule has 0 heterocycles. The number of amides is 1. The van der Waals surface area contributed by atoms with E-state index in [1.807, 2.05) is 31.2 Å². The van der Waals surface area contributed by atoms with Gasteiger partial charge in [-0.2, -0.15) is 0 Å². The Morgan fingerprint density at radius 2 is 2.05 bits per heavy atom. The maximum Gasteiger partial charge on any atom is 0.238 e. The van der Waals surface area contributed by atoms with Gasteiger partial charge in [-0.05, 0) is 36.5 Å². The van der Waals surface area contributed by atoms with Crippen molar-refractivity contribution >= 4 is 11.6 Å². The van der Waals surface area contributed by atoms with Gasteiger partial charge in [0.15, 0.2) is 0 Å². The summed E-state index contributed by atoms with van der Waals surface area (Å²) < 4.78 is 0. The van der Waals surface area contributed by atoms with Crippen molar-refractivity contribution in [1.82, 2.24) is 5.32 Å². The van der Waals surface area contributed by atoms with Gasteiger partial charge in [-0.3, -0.25) is 4.79 Å². The highest BCUT2D eigenvalue weighted by molar-refractivity contribution is 5.92. The summed E-state index contributed by atoms with van der Waals surface area (Å²) in [5, 5.41) is 15.6. The molecule has 1 rings (SSSR count).